The van der Waals surface area contributed by atoms with Crippen LogP contribution >= 0.6 is 0 Å². The van der Waals surface area contributed by atoms with Gasteiger partial charge in [-0.15, -0.1) is 0 Å². The van der Waals surface area contributed by atoms with Gasteiger partial charge in [0.25, 0.3) is 0 Å². The van der Waals surface area contributed by atoms with Gasteiger partial charge < -0.3 is 0 Å². The Balaban J connectivity index is 3.35. The van der Waals surface area contributed by atoms with Crippen molar-refractivity contribution in [1.29, 1.82) is 5.53 Å². The lowest BCUT2D eigenvalue weighted by Crippen LogP contribution is -1.97. The summed E-state index contributed by atoms with van der Waals surface area (Å²) in [5.74, 6) is 0. The van der Waals surface area contributed by atoms with E-state index < -0.39 is 0 Å². The van der Waals surface area contributed by atoms with Gasteiger partial charge in [-0.3, -0.25) is 0 Å². The fraction of sp³-hybridized carbons (Fsp3) is 1.00. The summed E-state index contributed by atoms with van der Waals surface area (Å²) in [4.78, 5) is 0. The lowest BCUT2D eigenvalue weighted by molar-refractivity contribution is 0.920. The lowest BCUT2D eigenvalue weighted by atomic mass is 9.64. The van der Waals surface area contributed by atoms with Crippen LogP contribution in [0, 0.1) is 5.53 Å². The molecule has 0 atom stereocenters. The molecule has 0 radical (unpaired) electrons. The average molecular weight is 112 g/mol. The number of rotatable bonds is 3. The first-order chi connectivity index (χ1) is 3.81. The molecule has 44 valence electrons. The second-order valence-electron chi connectivity index (χ2n) is 1.56. The molecule has 0 aromatic carbocycles. The SMILES string of the molecule is CCB(C)N=NN=N. The maximum Gasteiger partial charge on any atom is 0.307 e. The monoisotopic (exact) mass is 112 g/mol. The molecule has 0 unspecified atom stereocenters. The van der Waals surface area contributed by atoms with E-state index in [1.807, 2.05) is 13.7 Å². The van der Waals surface area contributed by atoms with Gasteiger partial charge in [0.15, 0.2) is 0 Å². The quantitative estimate of drug-likeness (QED) is 0.329. The number of nitrogens with one attached hydrogen (secondary N) is 1. The zero-order valence-electron chi connectivity index (χ0n) is 5.13. The summed E-state index contributed by atoms with van der Waals surface area (Å²) in [6.45, 7) is 4.13. The molecule has 8 heavy (non-hydrogen) atoms. The van der Waals surface area contributed by atoms with Gasteiger partial charge in [-0.25, -0.2) is 5.03 Å². The van der Waals surface area contributed by atoms with Crippen LogP contribution in [0.2, 0.25) is 13.1 Å². The van der Waals surface area contributed by atoms with E-state index in [0.717, 1.165) is 6.32 Å². The molecule has 0 aliphatic heterocycles. The zero-order chi connectivity index (χ0) is 6.41. The summed E-state index contributed by atoms with van der Waals surface area (Å²) in [6, 6.07) is 0. The third-order valence-corrected chi connectivity index (χ3v) is 0.884. The van der Waals surface area contributed by atoms with Crippen molar-refractivity contribution in [3.05, 3.63) is 0 Å². The molecule has 0 aliphatic carbocycles. The molecule has 0 rings (SSSR count). The van der Waals surface area contributed by atoms with Gasteiger partial charge in [0, 0.05) is 0 Å². The van der Waals surface area contributed by atoms with E-state index >= 15 is 0 Å². The van der Waals surface area contributed by atoms with Crippen molar-refractivity contribution in [3.63, 3.8) is 0 Å². The van der Waals surface area contributed by atoms with Crippen molar-refractivity contribution < 1.29 is 0 Å². The highest BCUT2D eigenvalue weighted by Gasteiger charge is 1.98. The zero-order valence-corrected chi connectivity index (χ0v) is 5.13. The Kier molecular flexibility index (Phi) is 4.02. The van der Waals surface area contributed by atoms with Crippen molar-refractivity contribution in [1.82, 2.24) is 0 Å². The molecular weight excluding hydrogens is 103 g/mol. The smallest absolute Gasteiger partial charge is 0.233 e. The highest BCUT2D eigenvalue weighted by atomic mass is 15.4. The first-order valence-electron chi connectivity index (χ1n) is 2.57. The third-order valence-electron chi connectivity index (χ3n) is 0.884. The second-order valence-corrected chi connectivity index (χ2v) is 1.56. The van der Waals surface area contributed by atoms with Gasteiger partial charge in [-0.05, 0) is 10.4 Å². The molecule has 0 aromatic heterocycles. The maximum atomic E-state index is 6.24. The van der Waals surface area contributed by atoms with Gasteiger partial charge in [-0.2, -0.15) is 5.53 Å². The largest absolute Gasteiger partial charge is 0.307 e. The summed E-state index contributed by atoms with van der Waals surface area (Å²) in [5, 5.41) is 9.52. The van der Waals surface area contributed by atoms with E-state index in [1.54, 1.807) is 0 Å². The van der Waals surface area contributed by atoms with Crippen LogP contribution < -0.4 is 0 Å². The molecule has 0 aliphatic rings. The molecule has 0 amide bonds. The number of nitrogens with zero attached hydrogens (tertiary/aromatic N) is 3. The maximum absolute atomic E-state index is 6.24. The third kappa shape index (κ3) is 3.45. The van der Waals surface area contributed by atoms with Gasteiger partial charge in [0.05, 0.1) is 0 Å². The summed E-state index contributed by atoms with van der Waals surface area (Å²) in [5.41, 5.74) is 6.24. The molecule has 0 saturated carbocycles. The Bertz CT molecular complexity index is 91.3. The molecule has 1 N–H and O–H groups in total. The van der Waals surface area contributed by atoms with Gasteiger partial charge in [0.2, 0.25) is 0 Å². The number of hydrogen-bond donors (Lipinski definition) is 1. The molecule has 0 fully saturated rings. The first-order valence-corrected chi connectivity index (χ1v) is 2.57. The summed E-state index contributed by atoms with van der Waals surface area (Å²) in [6.07, 6.45) is 0.943. The van der Waals surface area contributed by atoms with Gasteiger partial charge in [-0.1, -0.05) is 20.1 Å². The molecule has 0 heterocycles. The topological polar surface area (TPSA) is 60.9 Å². The van der Waals surface area contributed by atoms with E-state index in [0.29, 0.717) is 0 Å². The van der Waals surface area contributed by atoms with Gasteiger partial charge >= 0.3 is 6.85 Å². The second kappa shape index (κ2) is 4.42. The van der Waals surface area contributed by atoms with Gasteiger partial charge in [0.1, 0.15) is 0 Å². The minimum atomic E-state index is 0.198. The molecule has 5 heteroatoms. The summed E-state index contributed by atoms with van der Waals surface area (Å²) >= 11 is 0. The molecule has 0 saturated heterocycles. The Morgan fingerprint density at radius 2 is 2.25 bits per heavy atom. The van der Waals surface area contributed by atoms with Crippen molar-refractivity contribution >= 4 is 6.85 Å². The summed E-state index contributed by atoms with van der Waals surface area (Å²) in [7, 11) is 0. The van der Waals surface area contributed by atoms with Crippen LogP contribution in [0.3, 0.4) is 0 Å². The van der Waals surface area contributed by atoms with Crippen molar-refractivity contribution in [2.75, 3.05) is 0 Å². The fourth-order valence-electron chi connectivity index (χ4n) is 0.196. The minimum absolute atomic E-state index is 0.198. The highest BCUT2D eigenvalue weighted by molar-refractivity contribution is 6.54. The molecule has 0 spiro atoms. The van der Waals surface area contributed by atoms with E-state index in [-0.39, 0.29) is 6.85 Å². The Morgan fingerprint density at radius 3 is 2.62 bits per heavy atom. The molecule has 4 nitrogen and oxygen atoms in total. The highest BCUT2D eigenvalue weighted by Crippen LogP contribution is 1.91. The van der Waals surface area contributed by atoms with Crippen molar-refractivity contribution in [2.24, 2.45) is 15.5 Å². The molecule has 0 aromatic rings. The number of hydrogen-bond acceptors (Lipinski definition) is 2. The fourth-order valence-corrected chi connectivity index (χ4v) is 0.196. The van der Waals surface area contributed by atoms with Crippen LogP contribution in [0.15, 0.2) is 15.5 Å². The average Bonchev–Trinajstić information content (AvgIpc) is 1.83. The summed E-state index contributed by atoms with van der Waals surface area (Å²) < 4.78 is 0. The molecular formula is C3H9BN4. The molecule has 0 bridgehead atoms. The van der Waals surface area contributed by atoms with E-state index in [1.165, 1.54) is 0 Å². The van der Waals surface area contributed by atoms with Crippen molar-refractivity contribution in [2.45, 2.75) is 20.1 Å². The normalized spacial score (nSPS) is 9.75. The lowest BCUT2D eigenvalue weighted by Gasteiger charge is -1.87. The Morgan fingerprint density at radius 1 is 1.62 bits per heavy atom. The van der Waals surface area contributed by atoms with Crippen LogP contribution in [-0.4, -0.2) is 6.85 Å². The Labute approximate surface area is 49.0 Å². The Hall–Kier alpha value is -0.735. The van der Waals surface area contributed by atoms with E-state index in [4.69, 9.17) is 5.53 Å². The minimum Gasteiger partial charge on any atom is -0.233 e. The van der Waals surface area contributed by atoms with Crippen molar-refractivity contribution in [3.8, 4) is 0 Å². The predicted molar refractivity (Wildman–Crippen MR) is 32.1 cm³/mol. The first kappa shape index (κ1) is 7.26. The van der Waals surface area contributed by atoms with E-state index in [9.17, 15) is 0 Å². The van der Waals surface area contributed by atoms with Crippen LogP contribution in [-0.2, 0) is 0 Å². The van der Waals surface area contributed by atoms with E-state index in [2.05, 4.69) is 15.5 Å². The van der Waals surface area contributed by atoms with Crippen LogP contribution in [0.25, 0.3) is 0 Å². The standard InChI is InChI=1S/C3H9BN4/c1-3-4(2)6-8-7-5/h5H,3H2,1-2H3. The predicted octanol–water partition coefficient (Wildman–Crippen LogP) is 2.03. The van der Waals surface area contributed by atoms with Crippen LogP contribution in [0.4, 0.5) is 0 Å². The van der Waals surface area contributed by atoms with Crippen LogP contribution in [0.1, 0.15) is 6.92 Å². The van der Waals surface area contributed by atoms with Crippen LogP contribution in [0.5, 0.6) is 0 Å².